The SMILES string of the molecule is CCOP(C)(=O)C(C#N)=C(O)c1cccs1. The summed E-state index contributed by atoms with van der Waals surface area (Å²) >= 11 is 1.27. The Morgan fingerprint density at radius 2 is 2.44 bits per heavy atom. The van der Waals surface area contributed by atoms with E-state index in [9.17, 15) is 9.67 Å². The first-order chi connectivity index (χ1) is 7.53. The van der Waals surface area contributed by atoms with Gasteiger partial charge in [-0.3, -0.25) is 4.57 Å². The Bertz CT molecular complexity index is 473. The molecule has 16 heavy (non-hydrogen) atoms. The van der Waals surface area contributed by atoms with Crippen molar-refractivity contribution in [2.75, 3.05) is 13.3 Å². The van der Waals surface area contributed by atoms with Crippen LogP contribution in [0.3, 0.4) is 0 Å². The van der Waals surface area contributed by atoms with Gasteiger partial charge in [0.15, 0.2) is 11.1 Å². The monoisotopic (exact) mass is 257 g/mol. The van der Waals surface area contributed by atoms with E-state index < -0.39 is 7.37 Å². The van der Waals surface area contributed by atoms with Gasteiger partial charge in [0.1, 0.15) is 6.07 Å². The summed E-state index contributed by atoms with van der Waals surface area (Å²) in [7, 11) is -3.22. The molecule has 0 aliphatic carbocycles. The highest BCUT2D eigenvalue weighted by atomic mass is 32.1. The van der Waals surface area contributed by atoms with Crippen molar-refractivity contribution in [2.45, 2.75) is 6.92 Å². The van der Waals surface area contributed by atoms with E-state index in [-0.39, 0.29) is 17.7 Å². The summed E-state index contributed by atoms with van der Waals surface area (Å²) in [6, 6.07) is 5.16. The summed E-state index contributed by atoms with van der Waals surface area (Å²) in [5.41, 5.74) is 0. The van der Waals surface area contributed by atoms with Crippen molar-refractivity contribution in [1.82, 2.24) is 0 Å². The number of rotatable bonds is 4. The number of allylic oxidation sites excluding steroid dienone is 1. The average Bonchev–Trinajstić information content (AvgIpc) is 2.70. The molecule has 0 radical (unpaired) electrons. The van der Waals surface area contributed by atoms with E-state index in [0.29, 0.717) is 4.88 Å². The number of thiophene rings is 1. The molecule has 6 heteroatoms. The predicted octanol–water partition coefficient (Wildman–Crippen LogP) is 3.44. The summed E-state index contributed by atoms with van der Waals surface area (Å²) in [6.45, 7) is 3.25. The van der Waals surface area contributed by atoms with Gasteiger partial charge in [-0.25, -0.2) is 0 Å². The zero-order chi connectivity index (χ0) is 12.2. The largest absolute Gasteiger partial charge is 0.505 e. The molecule has 1 aromatic rings. The third-order valence-electron chi connectivity index (χ3n) is 1.87. The zero-order valence-electron chi connectivity index (χ0n) is 9.01. The van der Waals surface area contributed by atoms with Gasteiger partial charge in [-0.1, -0.05) is 6.07 Å². The summed E-state index contributed by atoms with van der Waals surface area (Å²) in [4.78, 5) is 0.512. The van der Waals surface area contributed by atoms with E-state index in [0.717, 1.165) is 0 Å². The number of aliphatic hydroxyl groups excluding tert-OH is 1. The third kappa shape index (κ3) is 2.73. The molecule has 86 valence electrons. The van der Waals surface area contributed by atoms with E-state index in [1.54, 1.807) is 30.5 Å². The molecule has 0 fully saturated rings. The summed E-state index contributed by atoms with van der Waals surface area (Å²) in [5, 5.41) is 20.4. The van der Waals surface area contributed by atoms with E-state index in [1.807, 2.05) is 0 Å². The molecule has 1 rings (SSSR count). The molecule has 1 aromatic heterocycles. The van der Waals surface area contributed by atoms with Gasteiger partial charge in [0.25, 0.3) is 0 Å². The van der Waals surface area contributed by atoms with Gasteiger partial charge in [-0.05, 0) is 18.4 Å². The third-order valence-corrected chi connectivity index (χ3v) is 4.62. The van der Waals surface area contributed by atoms with Crippen LogP contribution < -0.4 is 0 Å². The fraction of sp³-hybridized carbons (Fsp3) is 0.300. The topological polar surface area (TPSA) is 70.3 Å². The molecule has 1 atom stereocenters. The maximum atomic E-state index is 12.0. The second-order valence-corrected chi connectivity index (χ2v) is 6.39. The Morgan fingerprint density at radius 1 is 1.75 bits per heavy atom. The Balaban J connectivity index is 3.22. The van der Waals surface area contributed by atoms with Crippen molar-refractivity contribution in [1.29, 1.82) is 5.26 Å². The van der Waals surface area contributed by atoms with Gasteiger partial charge in [0.05, 0.1) is 11.5 Å². The first-order valence-electron chi connectivity index (χ1n) is 4.62. The maximum absolute atomic E-state index is 12.0. The van der Waals surface area contributed by atoms with Crippen LogP contribution >= 0.6 is 18.7 Å². The Hall–Kier alpha value is -1.08. The van der Waals surface area contributed by atoms with Crippen molar-refractivity contribution in [3.05, 3.63) is 27.7 Å². The fourth-order valence-corrected chi connectivity index (χ4v) is 3.24. The lowest BCUT2D eigenvalue weighted by Gasteiger charge is -2.12. The van der Waals surface area contributed by atoms with Gasteiger partial charge >= 0.3 is 0 Å². The zero-order valence-corrected chi connectivity index (χ0v) is 10.7. The van der Waals surface area contributed by atoms with E-state index >= 15 is 0 Å². The maximum Gasteiger partial charge on any atom is 0.243 e. The highest BCUT2D eigenvalue weighted by molar-refractivity contribution is 7.63. The lowest BCUT2D eigenvalue weighted by molar-refractivity contribution is 0.342. The van der Waals surface area contributed by atoms with Crippen LogP contribution in [0.25, 0.3) is 5.76 Å². The van der Waals surface area contributed by atoms with Crippen LogP contribution in [0.1, 0.15) is 11.8 Å². The Labute approximate surface area is 98.2 Å². The van der Waals surface area contributed by atoms with E-state index in [2.05, 4.69) is 0 Å². The smallest absolute Gasteiger partial charge is 0.243 e. The molecule has 0 spiro atoms. The molecular formula is C10H12NO3PS. The number of hydrogen-bond acceptors (Lipinski definition) is 5. The Morgan fingerprint density at radius 3 is 2.88 bits per heavy atom. The highest BCUT2D eigenvalue weighted by Crippen LogP contribution is 2.53. The van der Waals surface area contributed by atoms with Crippen LogP contribution in [0.2, 0.25) is 0 Å². The average molecular weight is 257 g/mol. The minimum Gasteiger partial charge on any atom is -0.505 e. The molecule has 0 amide bonds. The van der Waals surface area contributed by atoms with E-state index in [1.165, 1.54) is 18.0 Å². The minimum atomic E-state index is -3.22. The quantitative estimate of drug-likeness (QED) is 0.509. The summed E-state index contributed by atoms with van der Waals surface area (Å²) in [6.07, 6.45) is 0. The van der Waals surface area contributed by atoms with E-state index in [4.69, 9.17) is 9.79 Å². The number of nitrogens with zero attached hydrogens (tertiary/aromatic N) is 1. The first-order valence-corrected chi connectivity index (χ1v) is 7.58. The molecule has 0 aliphatic rings. The number of aliphatic hydroxyl groups is 1. The van der Waals surface area contributed by atoms with Crippen molar-refractivity contribution in [3.63, 3.8) is 0 Å². The second-order valence-electron chi connectivity index (χ2n) is 3.05. The number of hydrogen-bond donors (Lipinski definition) is 1. The molecule has 0 aromatic carbocycles. The molecule has 0 aliphatic heterocycles. The van der Waals surface area contributed by atoms with Crippen LogP contribution in [-0.4, -0.2) is 18.4 Å². The number of nitriles is 1. The first kappa shape index (κ1) is 13.0. The fourth-order valence-electron chi connectivity index (χ4n) is 1.18. The van der Waals surface area contributed by atoms with Gasteiger partial charge in [-0.15, -0.1) is 11.3 Å². The van der Waals surface area contributed by atoms with Crippen LogP contribution in [0.4, 0.5) is 0 Å². The van der Waals surface area contributed by atoms with Crippen molar-refractivity contribution in [3.8, 4) is 6.07 Å². The van der Waals surface area contributed by atoms with Crippen LogP contribution in [0.15, 0.2) is 22.8 Å². The van der Waals surface area contributed by atoms with Crippen LogP contribution in [0.5, 0.6) is 0 Å². The normalized spacial score (nSPS) is 16.1. The summed E-state index contributed by atoms with van der Waals surface area (Å²) < 4.78 is 17.0. The molecular weight excluding hydrogens is 245 g/mol. The minimum absolute atomic E-state index is 0.184. The molecule has 0 bridgehead atoms. The highest BCUT2D eigenvalue weighted by Gasteiger charge is 2.27. The summed E-state index contributed by atoms with van der Waals surface area (Å²) in [5.74, 6) is -0.253. The molecule has 1 heterocycles. The molecule has 1 unspecified atom stereocenters. The Kier molecular flexibility index (Phi) is 4.31. The van der Waals surface area contributed by atoms with Gasteiger partial charge in [0.2, 0.25) is 7.37 Å². The standard InChI is InChI=1S/C10H12NO3PS/c1-3-14-15(2,13)8(7-11)10(12)9-5-4-6-16-9/h4-6,12H,3H2,1-2H3. The van der Waals surface area contributed by atoms with Gasteiger partial charge in [-0.2, -0.15) is 5.26 Å². The lowest BCUT2D eigenvalue weighted by atomic mass is 10.4. The van der Waals surface area contributed by atoms with Crippen LogP contribution in [0, 0.1) is 11.3 Å². The van der Waals surface area contributed by atoms with Crippen molar-refractivity contribution < 1.29 is 14.2 Å². The van der Waals surface area contributed by atoms with Gasteiger partial charge in [0, 0.05) is 6.66 Å². The second kappa shape index (κ2) is 5.31. The molecule has 0 saturated heterocycles. The molecule has 1 N–H and O–H groups in total. The molecule has 4 nitrogen and oxygen atoms in total. The van der Waals surface area contributed by atoms with Gasteiger partial charge < -0.3 is 9.63 Å². The molecule has 0 saturated carbocycles. The van der Waals surface area contributed by atoms with Crippen molar-refractivity contribution >= 4 is 24.5 Å². The van der Waals surface area contributed by atoms with Crippen molar-refractivity contribution in [2.24, 2.45) is 0 Å². The predicted molar refractivity (Wildman–Crippen MR) is 64.6 cm³/mol. The van der Waals surface area contributed by atoms with Crippen LogP contribution in [-0.2, 0) is 9.09 Å². The lowest BCUT2D eigenvalue weighted by Crippen LogP contribution is -1.94.